The van der Waals surface area contributed by atoms with E-state index in [1.54, 1.807) is 0 Å². The lowest BCUT2D eigenvalue weighted by Gasteiger charge is -2.42. The Balaban J connectivity index is 1.27. The van der Waals surface area contributed by atoms with Crippen molar-refractivity contribution in [3.05, 3.63) is 35.4 Å². The van der Waals surface area contributed by atoms with Crippen LogP contribution in [-0.2, 0) is 6.42 Å². The molecule has 1 unspecified atom stereocenters. The van der Waals surface area contributed by atoms with Crippen LogP contribution in [0.3, 0.4) is 0 Å². The van der Waals surface area contributed by atoms with Crippen LogP contribution in [0.25, 0.3) is 0 Å². The molecule has 1 N–H and O–H groups in total. The van der Waals surface area contributed by atoms with Gasteiger partial charge in [0.1, 0.15) is 0 Å². The van der Waals surface area contributed by atoms with E-state index in [4.69, 9.17) is 0 Å². The summed E-state index contributed by atoms with van der Waals surface area (Å²) >= 11 is 0. The predicted molar refractivity (Wildman–Crippen MR) is 99.7 cm³/mol. The second-order valence-electron chi connectivity index (χ2n) is 7.80. The normalized spacial score (nSPS) is 25.8. The van der Waals surface area contributed by atoms with Crippen LogP contribution in [0.1, 0.15) is 36.4 Å². The quantitative estimate of drug-likeness (QED) is 0.895. The van der Waals surface area contributed by atoms with E-state index in [2.05, 4.69) is 46.4 Å². The highest BCUT2D eigenvalue weighted by molar-refractivity contribution is 5.75. The molecule has 25 heavy (non-hydrogen) atoms. The lowest BCUT2D eigenvalue weighted by Crippen LogP contribution is -2.55. The highest BCUT2D eigenvalue weighted by Gasteiger charge is 2.30. The van der Waals surface area contributed by atoms with Gasteiger partial charge in [-0.3, -0.25) is 4.90 Å². The van der Waals surface area contributed by atoms with Crippen LogP contribution >= 0.6 is 0 Å². The van der Waals surface area contributed by atoms with Crippen molar-refractivity contribution in [2.45, 2.75) is 37.8 Å². The molecule has 0 spiro atoms. The predicted octanol–water partition coefficient (Wildman–Crippen LogP) is 2.10. The van der Waals surface area contributed by atoms with Crippen LogP contribution in [0, 0.1) is 0 Å². The van der Waals surface area contributed by atoms with Gasteiger partial charge in [-0.1, -0.05) is 24.3 Å². The second kappa shape index (κ2) is 7.34. The number of rotatable bonds is 2. The lowest BCUT2D eigenvalue weighted by atomic mass is 10.0. The van der Waals surface area contributed by atoms with Crippen molar-refractivity contribution in [1.82, 2.24) is 20.0 Å². The van der Waals surface area contributed by atoms with Crippen molar-refractivity contribution in [3.8, 4) is 0 Å². The molecule has 0 bridgehead atoms. The first-order valence-electron chi connectivity index (χ1n) is 9.76. The molecule has 2 saturated heterocycles. The molecular weight excluding hydrogens is 312 g/mol. The molecule has 2 heterocycles. The van der Waals surface area contributed by atoms with Gasteiger partial charge in [0, 0.05) is 32.2 Å². The Labute approximate surface area is 151 Å². The summed E-state index contributed by atoms with van der Waals surface area (Å²) in [5, 5.41) is 3.27. The van der Waals surface area contributed by atoms with E-state index in [1.807, 2.05) is 4.90 Å². The number of hydrogen-bond donors (Lipinski definition) is 1. The van der Waals surface area contributed by atoms with Crippen LogP contribution in [-0.4, -0.2) is 73.1 Å². The second-order valence-corrected chi connectivity index (χ2v) is 7.80. The summed E-state index contributed by atoms with van der Waals surface area (Å²) in [6.07, 6.45) is 4.63. The fraction of sp³-hybridized carbons (Fsp3) is 0.650. The van der Waals surface area contributed by atoms with Gasteiger partial charge < -0.3 is 15.1 Å². The van der Waals surface area contributed by atoms with Crippen LogP contribution in [0.5, 0.6) is 0 Å². The summed E-state index contributed by atoms with van der Waals surface area (Å²) in [6.45, 7) is 6.14. The number of piperidine rings is 1. The van der Waals surface area contributed by atoms with Crippen molar-refractivity contribution in [2.75, 3.05) is 46.3 Å². The van der Waals surface area contributed by atoms with Gasteiger partial charge in [-0.25, -0.2) is 4.79 Å². The van der Waals surface area contributed by atoms with E-state index < -0.39 is 0 Å². The highest BCUT2D eigenvalue weighted by atomic mass is 16.2. The van der Waals surface area contributed by atoms with Gasteiger partial charge in [0.25, 0.3) is 0 Å². The Kier molecular flexibility index (Phi) is 4.95. The van der Waals surface area contributed by atoms with Crippen LogP contribution in [0.4, 0.5) is 4.79 Å². The van der Waals surface area contributed by atoms with Gasteiger partial charge in [-0.15, -0.1) is 0 Å². The van der Waals surface area contributed by atoms with Gasteiger partial charge in [0.15, 0.2) is 0 Å². The fourth-order valence-electron chi connectivity index (χ4n) is 4.60. The van der Waals surface area contributed by atoms with Crippen LogP contribution in [0.2, 0.25) is 0 Å². The van der Waals surface area contributed by atoms with E-state index in [0.29, 0.717) is 6.04 Å². The lowest BCUT2D eigenvalue weighted by molar-refractivity contribution is 0.0743. The minimum absolute atomic E-state index is 0.115. The van der Waals surface area contributed by atoms with Crippen molar-refractivity contribution >= 4 is 6.03 Å². The Morgan fingerprint density at radius 2 is 1.72 bits per heavy atom. The number of nitrogens with one attached hydrogen (secondary N) is 1. The smallest absolute Gasteiger partial charge is 0.317 e. The maximum atomic E-state index is 12.7. The van der Waals surface area contributed by atoms with Gasteiger partial charge in [-0.05, 0) is 56.9 Å². The molecule has 2 amide bonds. The first-order valence-corrected chi connectivity index (χ1v) is 9.76. The topological polar surface area (TPSA) is 38.8 Å². The number of carbonyl (C=O) groups is 1. The van der Waals surface area contributed by atoms with Gasteiger partial charge in [0.2, 0.25) is 0 Å². The average Bonchev–Trinajstić information content (AvgIpc) is 3.06. The molecule has 2 aliphatic heterocycles. The first-order chi connectivity index (χ1) is 12.2. The zero-order chi connectivity index (χ0) is 17.2. The van der Waals surface area contributed by atoms with Crippen molar-refractivity contribution in [2.24, 2.45) is 0 Å². The number of aryl methyl sites for hydroxylation is 1. The Morgan fingerprint density at radius 3 is 2.48 bits per heavy atom. The van der Waals surface area contributed by atoms with E-state index in [-0.39, 0.29) is 12.1 Å². The Morgan fingerprint density at radius 1 is 1.00 bits per heavy atom. The molecule has 4 rings (SSSR count). The number of carbonyl (C=O) groups excluding carboxylic acids is 1. The molecule has 1 aliphatic carbocycles. The fourth-order valence-corrected chi connectivity index (χ4v) is 4.60. The number of likely N-dealkylation sites (tertiary alicyclic amines) is 1. The summed E-state index contributed by atoms with van der Waals surface area (Å²) in [5.74, 6) is 0. The third kappa shape index (κ3) is 3.67. The summed E-state index contributed by atoms with van der Waals surface area (Å²) in [5.41, 5.74) is 2.70. The standard InChI is InChI=1S/C20H30N4O/c1-22-10-8-17(9-11-22)23-12-14-24(15-13-23)20(25)21-19-7-6-16-4-2-3-5-18(16)19/h2-5,17,19H,6-15H2,1H3,(H,21,25). The Hall–Kier alpha value is -1.59. The first kappa shape index (κ1) is 16.9. The maximum absolute atomic E-state index is 12.7. The average molecular weight is 342 g/mol. The number of urea groups is 1. The van der Waals surface area contributed by atoms with Crippen molar-refractivity contribution in [3.63, 3.8) is 0 Å². The zero-order valence-corrected chi connectivity index (χ0v) is 15.3. The van der Waals surface area contributed by atoms with Crippen LogP contribution < -0.4 is 5.32 Å². The highest BCUT2D eigenvalue weighted by Crippen LogP contribution is 2.30. The summed E-state index contributed by atoms with van der Waals surface area (Å²) < 4.78 is 0. The molecule has 5 heteroatoms. The third-order valence-electron chi connectivity index (χ3n) is 6.24. The van der Waals surface area contributed by atoms with Crippen molar-refractivity contribution in [1.29, 1.82) is 0 Å². The molecule has 0 saturated carbocycles. The minimum Gasteiger partial charge on any atom is -0.331 e. The molecule has 5 nitrogen and oxygen atoms in total. The van der Waals surface area contributed by atoms with E-state index in [0.717, 1.165) is 39.0 Å². The van der Waals surface area contributed by atoms with E-state index >= 15 is 0 Å². The van der Waals surface area contributed by atoms with E-state index in [9.17, 15) is 4.79 Å². The molecule has 0 aromatic heterocycles. The maximum Gasteiger partial charge on any atom is 0.317 e. The molecule has 1 atom stereocenters. The molecule has 1 aromatic rings. The number of amides is 2. The van der Waals surface area contributed by atoms with Crippen molar-refractivity contribution < 1.29 is 4.79 Å². The number of fused-ring (bicyclic) bond motifs is 1. The zero-order valence-electron chi connectivity index (χ0n) is 15.3. The number of benzene rings is 1. The third-order valence-corrected chi connectivity index (χ3v) is 6.24. The number of hydrogen-bond acceptors (Lipinski definition) is 3. The summed E-state index contributed by atoms with van der Waals surface area (Å²) in [7, 11) is 2.21. The monoisotopic (exact) mass is 342 g/mol. The van der Waals surface area contributed by atoms with Gasteiger partial charge in [0.05, 0.1) is 6.04 Å². The largest absolute Gasteiger partial charge is 0.331 e. The summed E-state index contributed by atoms with van der Waals surface area (Å²) in [4.78, 5) is 19.7. The molecule has 0 radical (unpaired) electrons. The molecular formula is C20H30N4O. The molecule has 2 fully saturated rings. The minimum atomic E-state index is 0.115. The Bertz CT molecular complexity index is 603. The molecule has 136 valence electrons. The van der Waals surface area contributed by atoms with E-state index in [1.165, 1.54) is 37.1 Å². The number of nitrogens with zero attached hydrogens (tertiary/aromatic N) is 3. The number of piperazine rings is 1. The van der Waals surface area contributed by atoms with Gasteiger partial charge in [-0.2, -0.15) is 0 Å². The summed E-state index contributed by atoms with van der Waals surface area (Å²) in [6, 6.07) is 9.52. The molecule has 1 aromatic carbocycles. The SMILES string of the molecule is CN1CCC(N2CCN(C(=O)NC3CCc4ccccc43)CC2)CC1. The van der Waals surface area contributed by atoms with Crippen LogP contribution in [0.15, 0.2) is 24.3 Å². The van der Waals surface area contributed by atoms with Gasteiger partial charge >= 0.3 is 6.03 Å². The molecule has 3 aliphatic rings.